The first-order valence-electron chi connectivity index (χ1n) is 6.05. The summed E-state index contributed by atoms with van der Waals surface area (Å²) in [4.78, 5) is 0. The van der Waals surface area contributed by atoms with Crippen LogP contribution in [0.5, 0.6) is 0 Å². The molecule has 0 amide bonds. The second-order valence-electron chi connectivity index (χ2n) is 5.15. The summed E-state index contributed by atoms with van der Waals surface area (Å²) in [6.07, 6.45) is 1.07. The third-order valence-electron chi connectivity index (χ3n) is 2.56. The van der Waals surface area contributed by atoms with E-state index in [1.54, 1.807) is 0 Å². The van der Waals surface area contributed by atoms with Crippen LogP contribution in [0.4, 0.5) is 5.69 Å². The van der Waals surface area contributed by atoms with Crippen molar-refractivity contribution >= 4 is 5.69 Å². The monoisotopic (exact) mass is 220 g/mol. The molecule has 0 aliphatic rings. The molecule has 0 bridgehead atoms. The molecule has 1 aromatic carbocycles. The van der Waals surface area contributed by atoms with Crippen LogP contribution in [-0.2, 0) is 0 Å². The van der Waals surface area contributed by atoms with Crippen molar-refractivity contribution in [1.29, 1.82) is 0 Å². The molecule has 2 nitrogen and oxygen atoms in total. The highest BCUT2D eigenvalue weighted by Crippen LogP contribution is 2.14. The Kier molecular flexibility index (Phi) is 4.81. The largest absolute Gasteiger partial charge is 0.383 e. The van der Waals surface area contributed by atoms with Gasteiger partial charge in [-0.1, -0.05) is 19.9 Å². The third-order valence-corrected chi connectivity index (χ3v) is 2.56. The minimum atomic E-state index is 0.237. The quantitative estimate of drug-likeness (QED) is 0.800. The molecule has 16 heavy (non-hydrogen) atoms. The highest BCUT2D eigenvalue weighted by molar-refractivity contribution is 5.48. The molecule has 0 fully saturated rings. The van der Waals surface area contributed by atoms with Gasteiger partial charge in [-0.2, -0.15) is 0 Å². The second-order valence-corrected chi connectivity index (χ2v) is 5.15. The number of benzene rings is 1. The number of rotatable bonds is 5. The highest BCUT2D eigenvalue weighted by Gasteiger charge is 2.05. The first-order chi connectivity index (χ1) is 7.47. The van der Waals surface area contributed by atoms with Gasteiger partial charge in [-0.3, -0.25) is 0 Å². The van der Waals surface area contributed by atoms with E-state index in [4.69, 9.17) is 5.73 Å². The summed E-state index contributed by atoms with van der Waals surface area (Å²) in [6, 6.07) is 6.74. The summed E-state index contributed by atoms with van der Waals surface area (Å²) in [5.74, 6) is 0.663. The number of nitrogens with one attached hydrogen (secondary N) is 1. The predicted molar refractivity (Wildman–Crippen MR) is 71.8 cm³/mol. The molecule has 1 rings (SSSR count). The van der Waals surface area contributed by atoms with E-state index in [1.807, 2.05) is 0 Å². The Labute approximate surface area is 99.2 Å². The Bertz CT molecular complexity index is 311. The molecular weight excluding hydrogens is 196 g/mol. The normalized spacial score (nSPS) is 12.9. The summed E-state index contributed by atoms with van der Waals surface area (Å²) in [5, 5.41) is 3.41. The fraction of sp³-hybridized carbons (Fsp3) is 0.571. The van der Waals surface area contributed by atoms with Crippen LogP contribution in [0.3, 0.4) is 0 Å². The van der Waals surface area contributed by atoms with E-state index in [-0.39, 0.29) is 6.04 Å². The Hall–Kier alpha value is -1.02. The molecule has 0 aromatic heterocycles. The fourth-order valence-corrected chi connectivity index (χ4v) is 2.01. The van der Waals surface area contributed by atoms with Crippen molar-refractivity contribution in [3.05, 3.63) is 29.3 Å². The molecule has 0 saturated carbocycles. The summed E-state index contributed by atoms with van der Waals surface area (Å²) in [6.45, 7) is 9.49. The van der Waals surface area contributed by atoms with E-state index in [0.717, 1.165) is 13.0 Å². The SMILES string of the molecule is Cc1cc(C)cc(NCC(N)CC(C)C)c1. The smallest absolute Gasteiger partial charge is 0.0346 e. The lowest BCUT2D eigenvalue weighted by atomic mass is 10.0. The minimum Gasteiger partial charge on any atom is -0.383 e. The topological polar surface area (TPSA) is 38.0 Å². The molecule has 3 N–H and O–H groups in total. The van der Waals surface area contributed by atoms with Gasteiger partial charge in [0.05, 0.1) is 0 Å². The first kappa shape index (κ1) is 13.0. The van der Waals surface area contributed by atoms with Gasteiger partial charge in [-0.25, -0.2) is 0 Å². The molecule has 0 radical (unpaired) electrons. The van der Waals surface area contributed by atoms with E-state index in [0.29, 0.717) is 5.92 Å². The molecular formula is C14H24N2. The Morgan fingerprint density at radius 3 is 2.19 bits per heavy atom. The van der Waals surface area contributed by atoms with Crippen LogP contribution in [0.1, 0.15) is 31.4 Å². The summed E-state index contributed by atoms with van der Waals surface area (Å²) in [5.41, 5.74) is 9.80. The van der Waals surface area contributed by atoms with Gasteiger partial charge in [0, 0.05) is 18.3 Å². The molecule has 0 spiro atoms. The molecule has 0 aliphatic heterocycles. The molecule has 1 aromatic rings. The molecule has 90 valence electrons. The van der Waals surface area contributed by atoms with Crippen LogP contribution < -0.4 is 11.1 Å². The van der Waals surface area contributed by atoms with E-state index >= 15 is 0 Å². The molecule has 0 saturated heterocycles. The molecule has 0 aliphatic carbocycles. The van der Waals surface area contributed by atoms with E-state index in [2.05, 4.69) is 51.2 Å². The van der Waals surface area contributed by atoms with Gasteiger partial charge >= 0.3 is 0 Å². The Balaban J connectivity index is 2.48. The number of nitrogens with two attached hydrogens (primary N) is 1. The van der Waals surface area contributed by atoms with Crippen molar-refractivity contribution in [2.75, 3.05) is 11.9 Å². The van der Waals surface area contributed by atoms with Crippen molar-refractivity contribution in [2.24, 2.45) is 11.7 Å². The van der Waals surface area contributed by atoms with E-state index in [9.17, 15) is 0 Å². The third kappa shape index (κ3) is 4.67. The highest BCUT2D eigenvalue weighted by atomic mass is 14.9. The predicted octanol–water partition coefficient (Wildman–Crippen LogP) is 3.09. The molecule has 0 heterocycles. The number of hydrogen-bond donors (Lipinski definition) is 2. The van der Waals surface area contributed by atoms with Crippen LogP contribution in [0.15, 0.2) is 18.2 Å². The lowest BCUT2D eigenvalue weighted by Crippen LogP contribution is -2.30. The van der Waals surface area contributed by atoms with Crippen LogP contribution in [0.25, 0.3) is 0 Å². The average Bonchev–Trinajstić information content (AvgIpc) is 2.12. The maximum atomic E-state index is 6.04. The van der Waals surface area contributed by atoms with Crippen LogP contribution >= 0.6 is 0 Å². The summed E-state index contributed by atoms with van der Waals surface area (Å²) >= 11 is 0. The van der Waals surface area contributed by atoms with Gasteiger partial charge in [-0.15, -0.1) is 0 Å². The van der Waals surface area contributed by atoms with Crippen molar-refractivity contribution in [3.8, 4) is 0 Å². The molecule has 2 heteroatoms. The zero-order valence-electron chi connectivity index (χ0n) is 10.9. The van der Waals surface area contributed by atoms with Gasteiger partial charge in [0.25, 0.3) is 0 Å². The lowest BCUT2D eigenvalue weighted by molar-refractivity contribution is 0.508. The molecule has 1 unspecified atom stereocenters. The average molecular weight is 220 g/mol. The Morgan fingerprint density at radius 2 is 1.69 bits per heavy atom. The maximum absolute atomic E-state index is 6.04. The van der Waals surface area contributed by atoms with E-state index < -0.39 is 0 Å². The minimum absolute atomic E-state index is 0.237. The zero-order chi connectivity index (χ0) is 12.1. The van der Waals surface area contributed by atoms with Gasteiger partial charge in [-0.05, 0) is 49.4 Å². The van der Waals surface area contributed by atoms with Gasteiger partial charge in [0.15, 0.2) is 0 Å². The second kappa shape index (κ2) is 5.90. The van der Waals surface area contributed by atoms with Gasteiger partial charge < -0.3 is 11.1 Å². The van der Waals surface area contributed by atoms with Crippen molar-refractivity contribution in [3.63, 3.8) is 0 Å². The van der Waals surface area contributed by atoms with E-state index in [1.165, 1.54) is 16.8 Å². The number of hydrogen-bond acceptors (Lipinski definition) is 2. The number of anilines is 1. The van der Waals surface area contributed by atoms with Crippen LogP contribution in [0.2, 0.25) is 0 Å². The van der Waals surface area contributed by atoms with Crippen LogP contribution in [0, 0.1) is 19.8 Å². The summed E-state index contributed by atoms with van der Waals surface area (Å²) < 4.78 is 0. The van der Waals surface area contributed by atoms with Gasteiger partial charge in [0.2, 0.25) is 0 Å². The van der Waals surface area contributed by atoms with Crippen molar-refractivity contribution in [1.82, 2.24) is 0 Å². The summed E-state index contributed by atoms with van der Waals surface area (Å²) in [7, 11) is 0. The standard InChI is InChI=1S/C14H24N2/c1-10(2)5-13(15)9-16-14-7-11(3)6-12(4)8-14/h6-8,10,13,16H,5,9,15H2,1-4H3. The van der Waals surface area contributed by atoms with Crippen molar-refractivity contribution in [2.45, 2.75) is 40.2 Å². The van der Waals surface area contributed by atoms with Crippen LogP contribution in [-0.4, -0.2) is 12.6 Å². The Morgan fingerprint density at radius 1 is 1.12 bits per heavy atom. The van der Waals surface area contributed by atoms with Crippen molar-refractivity contribution < 1.29 is 0 Å². The fourth-order valence-electron chi connectivity index (χ4n) is 2.01. The zero-order valence-corrected chi connectivity index (χ0v) is 10.9. The maximum Gasteiger partial charge on any atom is 0.0346 e. The number of aryl methyl sites for hydroxylation is 2. The first-order valence-corrected chi connectivity index (χ1v) is 6.05. The molecule has 1 atom stereocenters. The lowest BCUT2D eigenvalue weighted by Gasteiger charge is -2.16. The van der Waals surface area contributed by atoms with Gasteiger partial charge in [0.1, 0.15) is 0 Å².